The van der Waals surface area contributed by atoms with Crippen molar-refractivity contribution in [3.8, 4) is 0 Å². The summed E-state index contributed by atoms with van der Waals surface area (Å²) in [5, 5.41) is 8.53. The van der Waals surface area contributed by atoms with E-state index < -0.39 is 5.97 Å². The molecule has 0 saturated heterocycles. The number of aliphatic carboxylic acids is 1. The molecule has 2 nitrogen and oxygen atoms in total. The van der Waals surface area contributed by atoms with Crippen molar-refractivity contribution in [2.75, 3.05) is 12.0 Å². The third-order valence-electron chi connectivity index (χ3n) is 3.12. The summed E-state index contributed by atoms with van der Waals surface area (Å²) in [6.07, 6.45) is 14.9. The van der Waals surface area contributed by atoms with E-state index in [2.05, 4.69) is 18.4 Å². The molecule has 0 bridgehead atoms. The van der Waals surface area contributed by atoms with Gasteiger partial charge in [0.2, 0.25) is 0 Å². The van der Waals surface area contributed by atoms with E-state index in [0.717, 1.165) is 19.3 Å². The number of hydrogen-bond acceptors (Lipinski definition) is 3. The summed E-state index contributed by atoms with van der Waals surface area (Å²) in [4.78, 5) is 13.4. The first kappa shape index (κ1) is 16.7. The Morgan fingerprint density at radius 3 is 2.74 bits per heavy atom. The first-order valence-electron chi connectivity index (χ1n) is 7.02. The monoisotopic (exact) mass is 300 g/mol. The molecule has 0 unspecified atom stereocenters. The van der Waals surface area contributed by atoms with Crippen molar-refractivity contribution in [3.63, 3.8) is 0 Å². The van der Waals surface area contributed by atoms with E-state index in [1.807, 2.05) is 23.5 Å². The van der Waals surface area contributed by atoms with Gasteiger partial charge >= 0.3 is 5.97 Å². The highest BCUT2D eigenvalue weighted by atomic mass is 32.2. The lowest BCUT2D eigenvalue weighted by molar-refractivity contribution is -0.137. The molecule has 0 aliphatic heterocycles. The number of unbranched alkanes of at least 4 members (excludes halogenated alkanes) is 4. The van der Waals surface area contributed by atoms with Crippen molar-refractivity contribution in [3.05, 3.63) is 22.0 Å². The minimum atomic E-state index is -0.670. The van der Waals surface area contributed by atoms with Crippen LogP contribution in [0.25, 0.3) is 0 Å². The summed E-state index contributed by atoms with van der Waals surface area (Å²) >= 11 is 3.86. The fourth-order valence-corrected chi connectivity index (χ4v) is 4.08. The number of carboxylic acid groups (broad SMARTS) is 1. The third kappa shape index (κ3) is 7.73. The topological polar surface area (TPSA) is 37.3 Å². The van der Waals surface area contributed by atoms with E-state index >= 15 is 0 Å². The molecule has 1 rings (SSSR count). The summed E-state index contributed by atoms with van der Waals surface area (Å²) < 4.78 is 0. The van der Waals surface area contributed by atoms with Crippen molar-refractivity contribution in [1.29, 1.82) is 0 Å². The van der Waals surface area contributed by atoms with E-state index in [0.29, 0.717) is 6.42 Å². The largest absolute Gasteiger partial charge is 0.481 e. The Hall–Kier alpha value is -0.350. The van der Waals surface area contributed by atoms with E-state index in [9.17, 15) is 4.79 Å². The summed E-state index contributed by atoms with van der Waals surface area (Å²) in [5.41, 5.74) is 0. The highest BCUT2D eigenvalue weighted by Crippen LogP contribution is 2.34. The van der Waals surface area contributed by atoms with E-state index in [-0.39, 0.29) is 0 Å². The Balaban J connectivity index is 2.03. The Kier molecular flexibility index (Phi) is 9.18. The van der Waals surface area contributed by atoms with Gasteiger partial charge in [-0.3, -0.25) is 4.79 Å². The zero-order valence-corrected chi connectivity index (χ0v) is 13.3. The number of rotatable bonds is 10. The van der Waals surface area contributed by atoms with Crippen LogP contribution in [-0.2, 0) is 4.79 Å². The van der Waals surface area contributed by atoms with Gasteiger partial charge in [0, 0.05) is 11.3 Å². The zero-order valence-electron chi connectivity index (χ0n) is 11.7. The van der Waals surface area contributed by atoms with Crippen LogP contribution in [0.5, 0.6) is 0 Å². The molecule has 0 fully saturated rings. The fraction of sp³-hybridized carbons (Fsp3) is 0.667. The molecule has 0 aromatic rings. The molecule has 1 N–H and O–H groups in total. The maximum atomic E-state index is 10.4. The van der Waals surface area contributed by atoms with Crippen molar-refractivity contribution >= 4 is 29.5 Å². The number of carboxylic acids is 1. The molecule has 4 heteroatoms. The van der Waals surface area contributed by atoms with Crippen LogP contribution < -0.4 is 0 Å². The summed E-state index contributed by atoms with van der Waals surface area (Å²) in [7, 11) is 0. The molecule has 1 aliphatic carbocycles. The average molecular weight is 300 g/mol. The second-order valence-corrected chi connectivity index (χ2v) is 6.73. The Labute approximate surface area is 125 Å². The maximum absolute atomic E-state index is 10.4. The van der Waals surface area contributed by atoms with Gasteiger partial charge in [-0.15, -0.1) is 23.5 Å². The number of allylic oxidation sites excluding steroid dienone is 3. The predicted octanol–water partition coefficient (Wildman–Crippen LogP) is 5.07. The molecule has 19 heavy (non-hydrogen) atoms. The standard InChI is InChI=1S/C15H24O2S2/c1-18-13-9-6-7-10-14(13)19-12-8-4-2-3-5-11-15(16)17/h7,10H,2-6,8-9,11-12H2,1H3,(H,16,17). The third-order valence-corrected chi connectivity index (χ3v) is 5.35. The molecular formula is C15H24O2S2. The van der Waals surface area contributed by atoms with Crippen molar-refractivity contribution < 1.29 is 9.90 Å². The summed E-state index contributed by atoms with van der Waals surface area (Å²) in [5.74, 6) is 0.513. The number of carbonyl (C=O) groups is 1. The SMILES string of the molecule is CSC1=C(SCCCCCCCC(=O)O)C=CCC1. The first-order valence-corrected chi connectivity index (χ1v) is 9.23. The van der Waals surface area contributed by atoms with Gasteiger partial charge in [0.05, 0.1) is 0 Å². The quantitative estimate of drug-likeness (QED) is 0.572. The minimum Gasteiger partial charge on any atom is -0.481 e. The van der Waals surface area contributed by atoms with Gasteiger partial charge < -0.3 is 5.11 Å². The van der Waals surface area contributed by atoms with Gasteiger partial charge in [0.15, 0.2) is 0 Å². The van der Waals surface area contributed by atoms with Crippen molar-refractivity contribution in [1.82, 2.24) is 0 Å². The Morgan fingerprint density at radius 2 is 2.00 bits per heavy atom. The molecule has 0 heterocycles. The average Bonchev–Trinajstić information content (AvgIpc) is 2.42. The molecule has 108 valence electrons. The lowest BCUT2D eigenvalue weighted by atomic mass is 10.1. The van der Waals surface area contributed by atoms with Gasteiger partial charge in [0.1, 0.15) is 0 Å². The highest BCUT2D eigenvalue weighted by Gasteiger charge is 2.07. The maximum Gasteiger partial charge on any atom is 0.303 e. The van der Waals surface area contributed by atoms with Crippen LogP contribution >= 0.6 is 23.5 Å². The van der Waals surface area contributed by atoms with Crippen LogP contribution in [0, 0.1) is 0 Å². The Bertz CT molecular complexity index is 335. The van der Waals surface area contributed by atoms with Gasteiger partial charge in [-0.05, 0) is 42.6 Å². The van der Waals surface area contributed by atoms with Crippen LogP contribution in [-0.4, -0.2) is 23.1 Å². The number of thioether (sulfide) groups is 2. The first-order chi connectivity index (χ1) is 9.24. The molecular weight excluding hydrogens is 276 g/mol. The predicted molar refractivity (Wildman–Crippen MR) is 86.7 cm³/mol. The van der Waals surface area contributed by atoms with Gasteiger partial charge in [-0.2, -0.15) is 0 Å². The zero-order chi connectivity index (χ0) is 13.9. The van der Waals surface area contributed by atoms with Crippen molar-refractivity contribution in [2.45, 2.75) is 51.4 Å². The lowest BCUT2D eigenvalue weighted by Gasteiger charge is -2.13. The van der Waals surface area contributed by atoms with Crippen LogP contribution in [0.4, 0.5) is 0 Å². The van der Waals surface area contributed by atoms with Crippen LogP contribution in [0.1, 0.15) is 51.4 Å². The van der Waals surface area contributed by atoms with E-state index in [1.54, 1.807) is 0 Å². The van der Waals surface area contributed by atoms with Gasteiger partial charge in [-0.25, -0.2) is 0 Å². The molecule has 0 aromatic carbocycles. The van der Waals surface area contributed by atoms with Gasteiger partial charge in [-0.1, -0.05) is 31.4 Å². The second kappa shape index (κ2) is 10.4. The highest BCUT2D eigenvalue weighted by molar-refractivity contribution is 8.06. The fourth-order valence-electron chi connectivity index (χ4n) is 2.04. The molecule has 0 atom stereocenters. The molecule has 0 radical (unpaired) electrons. The minimum absolute atomic E-state index is 0.323. The summed E-state index contributed by atoms with van der Waals surface area (Å²) in [6, 6.07) is 0. The van der Waals surface area contributed by atoms with E-state index in [4.69, 9.17) is 5.11 Å². The van der Waals surface area contributed by atoms with E-state index in [1.165, 1.54) is 41.2 Å². The van der Waals surface area contributed by atoms with Crippen LogP contribution in [0.15, 0.2) is 22.0 Å². The Morgan fingerprint density at radius 1 is 1.26 bits per heavy atom. The van der Waals surface area contributed by atoms with Crippen LogP contribution in [0.3, 0.4) is 0 Å². The summed E-state index contributed by atoms with van der Waals surface area (Å²) in [6.45, 7) is 0. The van der Waals surface area contributed by atoms with Crippen molar-refractivity contribution in [2.24, 2.45) is 0 Å². The van der Waals surface area contributed by atoms with Gasteiger partial charge in [0.25, 0.3) is 0 Å². The molecule has 0 saturated carbocycles. The normalized spacial score (nSPS) is 15.0. The molecule has 0 aromatic heterocycles. The second-order valence-electron chi connectivity index (χ2n) is 4.69. The lowest BCUT2D eigenvalue weighted by Crippen LogP contribution is -1.93. The molecule has 0 spiro atoms. The molecule has 1 aliphatic rings. The van der Waals surface area contributed by atoms with Crippen LogP contribution in [0.2, 0.25) is 0 Å². The smallest absolute Gasteiger partial charge is 0.303 e. The number of hydrogen-bond donors (Lipinski definition) is 1. The molecule has 0 amide bonds.